The molecule has 0 fully saturated rings. The van der Waals surface area contributed by atoms with Crippen LogP contribution in [0.25, 0.3) is 28.0 Å². The summed E-state index contributed by atoms with van der Waals surface area (Å²) >= 11 is 0. The molecule has 2 aromatic carbocycles. The minimum atomic E-state index is -0.196. The van der Waals surface area contributed by atoms with Crippen LogP contribution in [0.5, 0.6) is 0 Å². The summed E-state index contributed by atoms with van der Waals surface area (Å²) in [6.07, 6.45) is 1.57. The van der Waals surface area contributed by atoms with Gasteiger partial charge < -0.3 is 4.42 Å². The molecule has 3 heteroatoms. The molecule has 2 heterocycles. The number of amides is 1. The highest BCUT2D eigenvalue weighted by molar-refractivity contribution is 6.12. The Balaban J connectivity index is 2.41. The van der Waals surface area contributed by atoms with Crippen molar-refractivity contribution in [3.8, 4) is 0 Å². The van der Waals surface area contributed by atoms with Crippen LogP contribution in [-0.2, 0) is 4.79 Å². The normalized spacial score (nSPS) is 13.8. The van der Waals surface area contributed by atoms with Crippen molar-refractivity contribution < 1.29 is 9.21 Å². The number of furan rings is 1. The van der Waals surface area contributed by atoms with Crippen LogP contribution in [0.15, 0.2) is 45.8 Å². The maximum atomic E-state index is 11.3. The van der Waals surface area contributed by atoms with Crippen molar-refractivity contribution in [1.82, 2.24) is 0 Å². The number of hydrogen-bond acceptors (Lipinski definition) is 2. The first-order valence-electron chi connectivity index (χ1n) is 5.37. The van der Waals surface area contributed by atoms with Gasteiger partial charge in [-0.1, -0.05) is 18.2 Å². The van der Waals surface area contributed by atoms with Crippen molar-refractivity contribution in [3.05, 3.63) is 47.0 Å². The largest absolute Gasteiger partial charge is 0.456 e. The van der Waals surface area contributed by atoms with Crippen LogP contribution in [0.3, 0.4) is 0 Å². The minimum Gasteiger partial charge on any atom is -0.456 e. The third-order valence-corrected chi connectivity index (χ3v) is 3.06. The molecule has 0 aliphatic carbocycles. The highest BCUT2D eigenvalue weighted by Gasteiger charge is 2.12. The van der Waals surface area contributed by atoms with Gasteiger partial charge in [0, 0.05) is 22.1 Å². The molecule has 17 heavy (non-hydrogen) atoms. The molecule has 0 unspecified atom stereocenters. The van der Waals surface area contributed by atoms with Crippen LogP contribution in [0.2, 0.25) is 0 Å². The van der Waals surface area contributed by atoms with Gasteiger partial charge in [-0.15, -0.1) is 0 Å². The van der Waals surface area contributed by atoms with E-state index >= 15 is 0 Å². The SMILES string of the molecule is O=C1C=c2c(ccc3oc4ccccc4c23)=N1. The van der Waals surface area contributed by atoms with Gasteiger partial charge in [-0.2, -0.15) is 0 Å². The molecule has 0 saturated heterocycles. The van der Waals surface area contributed by atoms with Gasteiger partial charge in [0.05, 0.1) is 5.36 Å². The third kappa shape index (κ3) is 1.05. The summed E-state index contributed by atoms with van der Waals surface area (Å²) in [5.74, 6) is -0.196. The van der Waals surface area contributed by atoms with Gasteiger partial charge in [-0.3, -0.25) is 4.79 Å². The van der Waals surface area contributed by atoms with Crippen LogP contribution in [0.1, 0.15) is 0 Å². The summed E-state index contributed by atoms with van der Waals surface area (Å²) in [4.78, 5) is 15.3. The Morgan fingerprint density at radius 2 is 1.88 bits per heavy atom. The van der Waals surface area contributed by atoms with E-state index in [9.17, 15) is 4.79 Å². The van der Waals surface area contributed by atoms with E-state index in [-0.39, 0.29) is 5.91 Å². The lowest BCUT2D eigenvalue weighted by Crippen LogP contribution is -2.21. The van der Waals surface area contributed by atoms with E-state index in [0.717, 1.165) is 32.5 Å². The fraction of sp³-hybridized carbons (Fsp3) is 0. The molecule has 0 N–H and O–H groups in total. The Hall–Kier alpha value is -2.42. The Labute approximate surface area is 95.7 Å². The molecular formula is C14H7NO2. The second-order valence-corrected chi connectivity index (χ2v) is 4.06. The smallest absolute Gasteiger partial charge is 0.270 e. The lowest BCUT2D eigenvalue weighted by Gasteiger charge is -1.88. The molecule has 4 rings (SSSR count). The molecule has 0 atom stereocenters. The molecule has 1 amide bonds. The predicted octanol–water partition coefficient (Wildman–Crippen LogP) is 1.53. The standard InChI is InChI=1S/C14H7NO2/c16-13-7-9-10(15-13)5-6-12-14(9)8-3-1-2-4-11(8)17-12/h1-7H. The molecule has 1 aliphatic heterocycles. The molecule has 3 aromatic rings. The third-order valence-electron chi connectivity index (χ3n) is 3.06. The fourth-order valence-corrected chi connectivity index (χ4v) is 2.35. The molecule has 0 saturated carbocycles. The highest BCUT2D eigenvalue weighted by Crippen LogP contribution is 2.25. The second kappa shape index (κ2) is 2.83. The zero-order valence-electron chi connectivity index (χ0n) is 8.81. The number of rotatable bonds is 0. The van der Waals surface area contributed by atoms with Crippen molar-refractivity contribution in [3.63, 3.8) is 0 Å². The number of carbonyl (C=O) groups excluding carboxylic acids is 1. The second-order valence-electron chi connectivity index (χ2n) is 4.06. The van der Waals surface area contributed by atoms with Gasteiger partial charge >= 0.3 is 0 Å². The van der Waals surface area contributed by atoms with Gasteiger partial charge in [0.2, 0.25) is 0 Å². The van der Waals surface area contributed by atoms with Crippen LogP contribution >= 0.6 is 0 Å². The minimum absolute atomic E-state index is 0.196. The van der Waals surface area contributed by atoms with Crippen molar-refractivity contribution in [2.75, 3.05) is 0 Å². The van der Waals surface area contributed by atoms with Gasteiger partial charge in [-0.05, 0) is 18.2 Å². The van der Waals surface area contributed by atoms with Gasteiger partial charge in [-0.25, -0.2) is 4.99 Å². The number of fused-ring (bicyclic) bond motifs is 5. The van der Waals surface area contributed by atoms with Crippen molar-refractivity contribution in [2.45, 2.75) is 0 Å². The van der Waals surface area contributed by atoms with Crippen LogP contribution in [0, 0.1) is 0 Å². The average Bonchev–Trinajstić information content (AvgIpc) is 2.87. The Bertz CT molecular complexity index is 903. The first kappa shape index (κ1) is 8.70. The average molecular weight is 221 g/mol. The van der Waals surface area contributed by atoms with E-state index in [4.69, 9.17) is 4.42 Å². The lowest BCUT2D eigenvalue weighted by atomic mass is 10.1. The summed E-state index contributed by atoms with van der Waals surface area (Å²) in [5.41, 5.74) is 1.63. The van der Waals surface area contributed by atoms with Gasteiger partial charge in [0.15, 0.2) is 0 Å². The van der Waals surface area contributed by atoms with Crippen LogP contribution in [0.4, 0.5) is 0 Å². The molecule has 1 aliphatic rings. The zero-order valence-corrected chi connectivity index (χ0v) is 8.81. The monoisotopic (exact) mass is 221 g/mol. The van der Waals surface area contributed by atoms with E-state index < -0.39 is 0 Å². The summed E-state index contributed by atoms with van der Waals surface area (Å²) in [7, 11) is 0. The topological polar surface area (TPSA) is 42.6 Å². The Kier molecular flexibility index (Phi) is 1.45. The van der Waals surface area contributed by atoms with E-state index in [1.807, 2.05) is 36.4 Å². The van der Waals surface area contributed by atoms with Gasteiger partial charge in [0.1, 0.15) is 11.2 Å². The predicted molar refractivity (Wildman–Crippen MR) is 64.0 cm³/mol. The highest BCUT2D eigenvalue weighted by atomic mass is 16.3. The number of benzene rings is 2. The van der Waals surface area contributed by atoms with Crippen LogP contribution < -0.4 is 10.6 Å². The molecule has 0 radical (unpaired) electrons. The number of hydrogen-bond donors (Lipinski definition) is 0. The molecule has 1 aromatic heterocycles. The molecule has 3 nitrogen and oxygen atoms in total. The summed E-state index contributed by atoms with van der Waals surface area (Å²) in [6, 6.07) is 11.5. The number of nitrogens with zero attached hydrogens (tertiary/aromatic N) is 1. The zero-order chi connectivity index (χ0) is 11.4. The fourth-order valence-electron chi connectivity index (χ4n) is 2.35. The van der Waals surface area contributed by atoms with Crippen molar-refractivity contribution in [2.24, 2.45) is 4.99 Å². The summed E-state index contributed by atoms with van der Waals surface area (Å²) < 4.78 is 5.74. The maximum Gasteiger partial charge on any atom is 0.270 e. The summed E-state index contributed by atoms with van der Waals surface area (Å²) in [5, 5.41) is 3.61. The summed E-state index contributed by atoms with van der Waals surface area (Å²) in [6.45, 7) is 0. The van der Waals surface area contributed by atoms with Gasteiger partial charge in [0.25, 0.3) is 5.91 Å². The van der Waals surface area contributed by atoms with Crippen LogP contribution in [-0.4, -0.2) is 5.91 Å². The quantitative estimate of drug-likeness (QED) is 0.577. The Morgan fingerprint density at radius 3 is 2.82 bits per heavy atom. The van der Waals surface area contributed by atoms with E-state index in [1.165, 1.54) is 0 Å². The lowest BCUT2D eigenvalue weighted by molar-refractivity contribution is -0.112. The van der Waals surface area contributed by atoms with E-state index in [0.29, 0.717) is 0 Å². The number of para-hydroxylation sites is 1. The molecule has 80 valence electrons. The molecular weight excluding hydrogens is 214 g/mol. The molecule has 0 bridgehead atoms. The Morgan fingerprint density at radius 1 is 1.00 bits per heavy atom. The van der Waals surface area contributed by atoms with Crippen molar-refractivity contribution in [1.29, 1.82) is 0 Å². The van der Waals surface area contributed by atoms with Crippen molar-refractivity contribution >= 4 is 33.9 Å². The molecule has 0 spiro atoms. The number of carbonyl (C=O) groups is 1. The van der Waals surface area contributed by atoms with E-state index in [1.54, 1.807) is 6.08 Å². The van der Waals surface area contributed by atoms with E-state index in [2.05, 4.69) is 4.99 Å². The maximum absolute atomic E-state index is 11.3. The first-order valence-corrected chi connectivity index (χ1v) is 5.37. The first-order chi connectivity index (χ1) is 8.33.